The third kappa shape index (κ3) is 1.64. The number of fused-ring (bicyclic) bond motifs is 3. The molecule has 0 fully saturated rings. The van der Waals surface area contributed by atoms with Gasteiger partial charge in [0.25, 0.3) is 0 Å². The molecule has 0 atom stereocenters. The maximum atomic E-state index is 3.53. The highest BCUT2D eigenvalue weighted by Crippen LogP contribution is 2.48. The van der Waals surface area contributed by atoms with Gasteiger partial charge in [0.2, 0.25) is 0 Å². The maximum absolute atomic E-state index is 3.53. The molecule has 0 bridgehead atoms. The lowest BCUT2D eigenvalue weighted by atomic mass is 10.1. The molecule has 1 aliphatic heterocycles. The molecule has 1 heterocycles. The van der Waals surface area contributed by atoms with Crippen LogP contribution in [0.1, 0.15) is 0 Å². The predicted molar refractivity (Wildman–Crippen MR) is 77.5 cm³/mol. The summed E-state index contributed by atoms with van der Waals surface area (Å²) in [5.74, 6) is 0. The molecule has 3 aromatic carbocycles. The van der Waals surface area contributed by atoms with Gasteiger partial charge in [0.15, 0.2) is 0 Å². The summed E-state index contributed by atoms with van der Waals surface area (Å²) in [5.41, 5.74) is 0. The van der Waals surface area contributed by atoms with Crippen molar-refractivity contribution >= 4 is 34.3 Å². The van der Waals surface area contributed by atoms with E-state index in [4.69, 9.17) is 0 Å². The topological polar surface area (TPSA) is 0 Å². The Morgan fingerprint density at radius 2 is 1.44 bits per heavy atom. The van der Waals surface area contributed by atoms with Crippen molar-refractivity contribution in [3.8, 4) is 0 Å². The highest BCUT2D eigenvalue weighted by molar-refractivity contribution is 8.05. The molecule has 0 N–H and O–H groups in total. The summed E-state index contributed by atoms with van der Waals surface area (Å²) in [7, 11) is 0. The van der Waals surface area contributed by atoms with Gasteiger partial charge < -0.3 is 0 Å². The van der Waals surface area contributed by atoms with Gasteiger partial charge in [-0.25, -0.2) is 0 Å². The minimum absolute atomic E-state index is 1.20. The van der Waals surface area contributed by atoms with Crippen molar-refractivity contribution in [2.45, 2.75) is 19.6 Å². The second-order valence-corrected chi connectivity index (χ2v) is 6.34. The van der Waals surface area contributed by atoms with Crippen LogP contribution in [0.15, 0.2) is 74.2 Å². The van der Waals surface area contributed by atoms with Crippen molar-refractivity contribution in [1.82, 2.24) is 0 Å². The molecule has 0 saturated heterocycles. The lowest BCUT2D eigenvalue weighted by Gasteiger charge is -2.18. The zero-order valence-electron chi connectivity index (χ0n) is 9.51. The van der Waals surface area contributed by atoms with Crippen LogP contribution in [0.25, 0.3) is 10.8 Å². The van der Waals surface area contributed by atoms with Crippen LogP contribution in [0, 0.1) is 6.07 Å². The zero-order valence-corrected chi connectivity index (χ0v) is 11.1. The van der Waals surface area contributed by atoms with Gasteiger partial charge in [-0.05, 0) is 29.0 Å². The van der Waals surface area contributed by atoms with Crippen molar-refractivity contribution in [2.24, 2.45) is 0 Å². The maximum Gasteiger partial charge on any atom is 0.0347 e. The summed E-state index contributed by atoms with van der Waals surface area (Å²) in [5, 5.41) is 2.47. The first-order chi connectivity index (χ1) is 8.90. The third-order valence-corrected chi connectivity index (χ3v) is 5.48. The van der Waals surface area contributed by atoms with E-state index in [-0.39, 0.29) is 0 Å². The van der Waals surface area contributed by atoms with E-state index < -0.39 is 0 Å². The van der Waals surface area contributed by atoms with Gasteiger partial charge in [0.05, 0.1) is 0 Å². The van der Waals surface area contributed by atoms with Gasteiger partial charge in [-0.2, -0.15) is 0 Å². The van der Waals surface area contributed by atoms with Gasteiger partial charge in [0, 0.05) is 25.6 Å². The molecule has 18 heavy (non-hydrogen) atoms. The Labute approximate surface area is 114 Å². The van der Waals surface area contributed by atoms with Crippen LogP contribution in [0.5, 0.6) is 0 Å². The molecule has 0 aromatic heterocycles. The van der Waals surface area contributed by atoms with Gasteiger partial charge in [-0.15, -0.1) is 0 Å². The molecule has 4 rings (SSSR count). The normalized spacial score (nSPS) is 13.1. The lowest BCUT2D eigenvalue weighted by Crippen LogP contribution is -1.89. The summed E-state index contributed by atoms with van der Waals surface area (Å²) in [6.07, 6.45) is 0. The van der Waals surface area contributed by atoms with E-state index in [0.29, 0.717) is 0 Å². The standard InChI is InChI=1S/C16H9S2/c1-2-6-12-10-16-15(9-11(12)5-1)17-13-7-3-4-8-14(13)18-16/h1-9H. The fraction of sp³-hybridized carbons (Fsp3) is 0. The summed E-state index contributed by atoms with van der Waals surface area (Å²) < 4.78 is 0. The van der Waals surface area contributed by atoms with Crippen molar-refractivity contribution in [2.75, 3.05) is 0 Å². The van der Waals surface area contributed by atoms with E-state index in [1.807, 2.05) is 23.5 Å². The van der Waals surface area contributed by atoms with Gasteiger partial charge in [0.1, 0.15) is 0 Å². The van der Waals surface area contributed by atoms with Crippen molar-refractivity contribution < 1.29 is 0 Å². The molecule has 1 radical (unpaired) electrons. The Morgan fingerprint density at radius 3 is 2.33 bits per heavy atom. The number of hydrogen-bond acceptors (Lipinski definition) is 2. The Hall–Kier alpha value is -1.38. The van der Waals surface area contributed by atoms with Crippen molar-refractivity contribution in [3.63, 3.8) is 0 Å². The fourth-order valence-corrected chi connectivity index (χ4v) is 4.36. The second kappa shape index (κ2) is 4.08. The predicted octanol–water partition coefficient (Wildman–Crippen LogP) is 5.26. The molecular formula is C16H9S2. The highest BCUT2D eigenvalue weighted by Gasteiger charge is 2.17. The molecule has 0 amide bonds. The summed E-state index contributed by atoms with van der Waals surface area (Å²) in [6.45, 7) is 0. The van der Waals surface area contributed by atoms with Crippen molar-refractivity contribution in [1.29, 1.82) is 0 Å². The Balaban J connectivity index is 1.92. The average Bonchev–Trinajstić information content (AvgIpc) is 2.42. The molecule has 0 spiro atoms. The first-order valence-corrected chi connectivity index (χ1v) is 7.43. The average molecular weight is 265 g/mol. The minimum Gasteiger partial charge on any atom is -0.0877 e. The summed E-state index contributed by atoms with van der Waals surface area (Å²) in [6, 6.07) is 22.8. The van der Waals surface area contributed by atoms with Crippen LogP contribution in [-0.4, -0.2) is 0 Å². The molecule has 3 aromatic rings. The van der Waals surface area contributed by atoms with Gasteiger partial charge in [-0.1, -0.05) is 59.9 Å². The zero-order chi connectivity index (χ0) is 11.9. The first kappa shape index (κ1) is 10.5. The van der Waals surface area contributed by atoms with E-state index in [1.54, 1.807) is 0 Å². The largest absolute Gasteiger partial charge is 0.0877 e. The van der Waals surface area contributed by atoms with Gasteiger partial charge >= 0.3 is 0 Å². The van der Waals surface area contributed by atoms with Crippen molar-refractivity contribution in [3.05, 3.63) is 60.7 Å². The Kier molecular flexibility index (Phi) is 2.39. The quantitative estimate of drug-likeness (QED) is 0.425. The molecule has 0 aliphatic carbocycles. The Morgan fingerprint density at radius 1 is 0.722 bits per heavy atom. The van der Waals surface area contributed by atoms with Crippen LogP contribution < -0.4 is 0 Å². The molecule has 0 saturated carbocycles. The van der Waals surface area contributed by atoms with E-state index in [9.17, 15) is 0 Å². The smallest absolute Gasteiger partial charge is 0.0347 e. The molecule has 1 aliphatic rings. The summed E-state index contributed by atoms with van der Waals surface area (Å²) >= 11 is 3.67. The first-order valence-electron chi connectivity index (χ1n) is 5.80. The molecule has 85 valence electrons. The molecule has 2 heteroatoms. The molecule has 0 nitrogen and oxygen atoms in total. The molecular weight excluding hydrogens is 256 g/mol. The van der Waals surface area contributed by atoms with Crippen LogP contribution in [-0.2, 0) is 0 Å². The van der Waals surface area contributed by atoms with E-state index in [0.717, 1.165) is 0 Å². The Bertz CT molecular complexity index is 683. The van der Waals surface area contributed by atoms with Crippen LogP contribution in [0.4, 0.5) is 0 Å². The number of benzene rings is 3. The van der Waals surface area contributed by atoms with Crippen LogP contribution >= 0.6 is 23.5 Å². The monoisotopic (exact) mass is 265 g/mol. The SMILES string of the molecule is [c]1c2c(cc3ccccc13)Sc1ccccc1S2. The molecule has 0 unspecified atom stereocenters. The lowest BCUT2D eigenvalue weighted by molar-refractivity contribution is 1.16. The van der Waals surface area contributed by atoms with Crippen LogP contribution in [0.3, 0.4) is 0 Å². The third-order valence-electron chi connectivity index (χ3n) is 3.00. The van der Waals surface area contributed by atoms with E-state index in [1.165, 1.54) is 30.4 Å². The van der Waals surface area contributed by atoms with Crippen LogP contribution in [0.2, 0.25) is 0 Å². The summed E-state index contributed by atoms with van der Waals surface area (Å²) in [4.78, 5) is 5.25. The minimum atomic E-state index is 1.20. The highest BCUT2D eigenvalue weighted by atomic mass is 32.2. The van der Waals surface area contributed by atoms with E-state index in [2.05, 4.69) is 60.7 Å². The number of hydrogen-bond donors (Lipinski definition) is 0. The van der Waals surface area contributed by atoms with Gasteiger partial charge in [-0.3, -0.25) is 0 Å². The van der Waals surface area contributed by atoms with E-state index >= 15 is 0 Å². The second-order valence-electron chi connectivity index (χ2n) is 4.20. The number of rotatable bonds is 0. The fourth-order valence-electron chi connectivity index (χ4n) is 2.13.